The van der Waals surface area contributed by atoms with Crippen LogP contribution in [0.1, 0.15) is 24.8 Å². The van der Waals surface area contributed by atoms with Crippen molar-refractivity contribution in [1.82, 2.24) is 4.90 Å². The fraction of sp³-hybridized carbons (Fsp3) is 0.320. The molecule has 0 atom stereocenters. The first-order chi connectivity index (χ1) is 18.2. The number of hydrogen-bond acceptors (Lipinski definition) is 9. The Morgan fingerprint density at radius 3 is 2.28 bits per heavy atom. The molecule has 14 heteroatoms. The molecule has 1 heterocycles. The topological polar surface area (TPSA) is 122 Å². The van der Waals surface area contributed by atoms with Crippen LogP contribution in [0.15, 0.2) is 64.0 Å². The van der Waals surface area contributed by atoms with Gasteiger partial charge in [0, 0.05) is 46.4 Å². The highest BCUT2D eigenvalue weighted by atomic mass is 35.5. The summed E-state index contributed by atoms with van der Waals surface area (Å²) < 4.78 is 70.1. The first-order valence-corrected chi connectivity index (χ1v) is 17.3. The van der Waals surface area contributed by atoms with Crippen LogP contribution in [0, 0.1) is 0 Å². The number of halogens is 2. The molecule has 0 fully saturated rings. The van der Waals surface area contributed by atoms with Crippen LogP contribution >= 0.6 is 46.3 Å². The van der Waals surface area contributed by atoms with Crippen molar-refractivity contribution in [3.8, 4) is 0 Å². The van der Waals surface area contributed by atoms with Crippen LogP contribution in [0.4, 0.5) is 0 Å². The number of thiazole rings is 1. The van der Waals surface area contributed by atoms with Crippen LogP contribution in [-0.4, -0.2) is 55.9 Å². The molecule has 8 nitrogen and oxygen atoms in total. The maximum Gasteiger partial charge on any atom is 0.263 e. The van der Waals surface area contributed by atoms with Gasteiger partial charge in [0.1, 0.15) is 14.8 Å². The highest BCUT2D eigenvalue weighted by Crippen LogP contribution is 2.32. The van der Waals surface area contributed by atoms with Crippen LogP contribution in [0.2, 0.25) is 10.0 Å². The second-order valence-corrected chi connectivity index (χ2v) is 14.7. The maximum atomic E-state index is 11.4. The van der Waals surface area contributed by atoms with E-state index in [1.165, 1.54) is 23.1 Å². The molecule has 39 heavy (non-hydrogen) atoms. The molecular formula is C25H27Cl2N2O6S4-. The lowest BCUT2D eigenvalue weighted by Crippen LogP contribution is -2.38. The summed E-state index contributed by atoms with van der Waals surface area (Å²) in [5, 5.41) is 2.66. The van der Waals surface area contributed by atoms with Crippen molar-refractivity contribution in [3.05, 3.63) is 74.2 Å². The van der Waals surface area contributed by atoms with Crippen molar-refractivity contribution in [2.24, 2.45) is 0 Å². The molecule has 0 saturated carbocycles. The molecule has 212 valence electrons. The maximum absolute atomic E-state index is 11.4. The first-order valence-electron chi connectivity index (χ1n) is 11.8. The van der Waals surface area contributed by atoms with Gasteiger partial charge in [0.2, 0.25) is 5.52 Å². The van der Waals surface area contributed by atoms with Gasteiger partial charge in [0.15, 0.2) is 6.54 Å². The Labute approximate surface area is 247 Å². The second-order valence-electron chi connectivity index (χ2n) is 8.61. The third-order valence-electron chi connectivity index (χ3n) is 5.58. The number of aryl methyl sites for hydroxylation is 1. The Balaban J connectivity index is 2.03. The molecule has 0 spiro atoms. The lowest BCUT2D eigenvalue weighted by molar-refractivity contribution is -0.664. The van der Waals surface area contributed by atoms with Gasteiger partial charge < -0.3 is 14.0 Å². The normalized spacial score (nSPS) is 13.3. The molecule has 0 aliphatic rings. The molecular weight excluding hydrogens is 623 g/mol. The molecule has 0 unspecified atom stereocenters. The third kappa shape index (κ3) is 10.4. The van der Waals surface area contributed by atoms with E-state index in [0.717, 1.165) is 30.7 Å². The van der Waals surface area contributed by atoms with Gasteiger partial charge in [-0.1, -0.05) is 53.2 Å². The Morgan fingerprint density at radius 1 is 1.03 bits per heavy atom. The lowest BCUT2D eigenvalue weighted by Gasteiger charge is -2.23. The molecule has 2 aromatic carbocycles. The van der Waals surface area contributed by atoms with E-state index >= 15 is 0 Å². The van der Waals surface area contributed by atoms with Gasteiger partial charge in [-0.05, 0) is 60.9 Å². The number of allylic oxidation sites excluding steroid dienone is 2. The molecule has 0 aliphatic carbocycles. The summed E-state index contributed by atoms with van der Waals surface area (Å²) in [5.41, 5.74) is 1.64. The van der Waals surface area contributed by atoms with Gasteiger partial charge >= 0.3 is 0 Å². The highest BCUT2D eigenvalue weighted by Gasteiger charge is 2.21. The Kier molecular flexibility index (Phi) is 11.3. The van der Waals surface area contributed by atoms with E-state index in [-0.39, 0.29) is 13.0 Å². The Morgan fingerprint density at radius 2 is 1.67 bits per heavy atom. The van der Waals surface area contributed by atoms with Crippen molar-refractivity contribution in [1.29, 1.82) is 0 Å². The smallest absolute Gasteiger partial charge is 0.263 e. The molecule has 0 aliphatic heterocycles. The predicted octanol–water partition coefficient (Wildman–Crippen LogP) is 5.34. The van der Waals surface area contributed by atoms with Gasteiger partial charge in [0.05, 0.1) is 20.9 Å². The van der Waals surface area contributed by atoms with Crippen LogP contribution in [0.25, 0.3) is 16.3 Å². The van der Waals surface area contributed by atoms with Gasteiger partial charge in [-0.3, -0.25) is 0 Å². The van der Waals surface area contributed by atoms with Gasteiger partial charge in [-0.15, -0.1) is 0 Å². The molecule has 0 bridgehead atoms. The summed E-state index contributed by atoms with van der Waals surface area (Å²) in [6, 6.07) is 12.6. The molecule has 1 aromatic heterocycles. The molecule has 0 saturated heterocycles. The zero-order valence-electron chi connectivity index (χ0n) is 21.2. The van der Waals surface area contributed by atoms with Crippen molar-refractivity contribution in [3.63, 3.8) is 0 Å². The molecule has 3 rings (SSSR count). The van der Waals surface area contributed by atoms with Gasteiger partial charge in [0.25, 0.3) is 5.01 Å². The summed E-state index contributed by atoms with van der Waals surface area (Å²) in [7, 11) is -6.93. The zero-order chi connectivity index (χ0) is 28.8. The third-order valence-corrected chi connectivity index (χ3v) is 9.80. The molecule has 3 aromatic rings. The van der Waals surface area contributed by atoms with E-state index in [9.17, 15) is 25.9 Å². The highest BCUT2D eigenvalue weighted by molar-refractivity contribution is 8.03. The number of rotatable bonds is 13. The van der Waals surface area contributed by atoms with Gasteiger partial charge in [-0.2, -0.15) is 4.57 Å². The number of thioether (sulfide) groups is 1. The SMILES string of the molecule is CCC(/C=C(\Sc1ccc(Cl)cc1)N(C)CCCS(=O)(=O)[O-])=C\c1sc2ccc(Cl)cc2[n+]1CCS(=O)(=O)[O-]. The van der Waals surface area contributed by atoms with E-state index in [2.05, 4.69) is 0 Å². The monoisotopic (exact) mass is 649 g/mol. The minimum Gasteiger partial charge on any atom is -0.748 e. The van der Waals surface area contributed by atoms with E-state index in [1.807, 2.05) is 49.2 Å². The minimum absolute atomic E-state index is 0.0192. The van der Waals surface area contributed by atoms with Crippen molar-refractivity contribution in [2.75, 3.05) is 25.1 Å². The van der Waals surface area contributed by atoms with E-state index in [1.54, 1.807) is 28.8 Å². The van der Waals surface area contributed by atoms with E-state index in [0.29, 0.717) is 23.0 Å². The minimum atomic E-state index is -4.43. The second kappa shape index (κ2) is 13.8. The molecule has 0 amide bonds. The average molecular weight is 651 g/mol. The standard InChI is InChI=1S/C25H28Cl2N2O6S4/c1-3-18(16-25-29(12-14-39(33,34)35)22-17-20(27)7-10-23(22)37-25)15-24(28(2)11-4-13-38(30,31)32)36-21-8-5-19(26)6-9-21/h5-10,15-17H,3-4,11-14H2,1-2H3,(H-,30,31,32,33,34,35)/p-1. The van der Waals surface area contributed by atoms with Crippen molar-refractivity contribution >= 4 is 82.8 Å². The summed E-state index contributed by atoms with van der Waals surface area (Å²) in [6.07, 6.45) is 4.71. The van der Waals surface area contributed by atoms with E-state index in [4.69, 9.17) is 23.2 Å². The first kappa shape index (κ1) is 31.9. The number of benzene rings is 2. The fourth-order valence-electron chi connectivity index (χ4n) is 3.61. The summed E-state index contributed by atoms with van der Waals surface area (Å²) in [6.45, 7) is 2.30. The van der Waals surface area contributed by atoms with Crippen molar-refractivity contribution in [2.45, 2.75) is 31.2 Å². The largest absolute Gasteiger partial charge is 0.748 e. The van der Waals surface area contributed by atoms with Crippen LogP contribution in [0.5, 0.6) is 0 Å². The summed E-state index contributed by atoms with van der Waals surface area (Å²) in [5.74, 6) is -1.02. The predicted molar refractivity (Wildman–Crippen MR) is 157 cm³/mol. The van der Waals surface area contributed by atoms with Gasteiger partial charge in [-0.25, -0.2) is 16.8 Å². The Bertz CT molecular complexity index is 1580. The molecule has 0 N–H and O–H groups in total. The molecule has 0 radical (unpaired) electrons. The van der Waals surface area contributed by atoms with Crippen LogP contribution in [0.3, 0.4) is 0 Å². The number of hydrogen-bond donors (Lipinski definition) is 0. The number of nitrogens with zero attached hydrogens (tertiary/aromatic N) is 2. The Hall–Kier alpha value is -1.64. The fourth-order valence-corrected chi connectivity index (χ4v) is 6.91. The zero-order valence-corrected chi connectivity index (χ0v) is 25.9. The average Bonchev–Trinajstić information content (AvgIpc) is 3.17. The van der Waals surface area contributed by atoms with Crippen LogP contribution in [-0.2, 0) is 26.8 Å². The number of fused-ring (bicyclic) bond motifs is 1. The quantitative estimate of drug-likeness (QED) is 0.105. The summed E-state index contributed by atoms with van der Waals surface area (Å²) >= 11 is 15.1. The van der Waals surface area contributed by atoms with Crippen LogP contribution < -0.4 is 4.57 Å². The lowest BCUT2D eigenvalue weighted by atomic mass is 10.2. The summed E-state index contributed by atoms with van der Waals surface area (Å²) in [4.78, 5) is 2.80. The van der Waals surface area contributed by atoms with E-state index < -0.39 is 31.7 Å². The number of aromatic nitrogens is 1. The van der Waals surface area contributed by atoms with Crippen molar-refractivity contribution < 1.29 is 30.5 Å².